The zero-order valence-corrected chi connectivity index (χ0v) is 18.8. The summed E-state index contributed by atoms with van der Waals surface area (Å²) in [5.41, 5.74) is 0.207. The second-order valence-electron chi connectivity index (χ2n) is 7.36. The van der Waals surface area contributed by atoms with Gasteiger partial charge in [-0.05, 0) is 56.7 Å². The molecule has 0 aliphatic carbocycles. The van der Waals surface area contributed by atoms with E-state index in [4.69, 9.17) is 9.47 Å². The number of aliphatic hydroxyl groups is 1. The molecule has 1 atom stereocenters. The largest absolute Gasteiger partial charge is 0.465 e. The number of para-hydroxylation sites is 1. The van der Waals surface area contributed by atoms with Crippen molar-refractivity contribution in [3.63, 3.8) is 0 Å². The van der Waals surface area contributed by atoms with Gasteiger partial charge in [-0.2, -0.15) is 0 Å². The maximum atomic E-state index is 13.5. The Hall–Kier alpha value is -2.64. The maximum absolute atomic E-state index is 13.5. The molecule has 31 heavy (non-hydrogen) atoms. The number of aliphatic hydroxyl groups excluding tert-OH is 1. The van der Waals surface area contributed by atoms with Crippen LogP contribution in [0.1, 0.15) is 44.0 Å². The molecule has 166 valence electrons. The summed E-state index contributed by atoms with van der Waals surface area (Å²) in [5, 5.41) is 11.3. The number of benzene rings is 1. The van der Waals surface area contributed by atoms with E-state index in [-0.39, 0.29) is 26.2 Å². The Morgan fingerprint density at radius 3 is 2.32 bits per heavy atom. The van der Waals surface area contributed by atoms with E-state index in [0.29, 0.717) is 12.8 Å². The summed E-state index contributed by atoms with van der Waals surface area (Å²) in [7, 11) is 0. The van der Waals surface area contributed by atoms with E-state index in [1.54, 1.807) is 13.8 Å². The van der Waals surface area contributed by atoms with Gasteiger partial charge in [0.15, 0.2) is 5.41 Å². The first-order chi connectivity index (χ1) is 15.1. The summed E-state index contributed by atoms with van der Waals surface area (Å²) in [6, 6.07) is 12.9. The summed E-state index contributed by atoms with van der Waals surface area (Å²) >= 11 is 1.49. The molecule has 0 radical (unpaired) electrons. The molecule has 0 saturated carbocycles. The summed E-state index contributed by atoms with van der Waals surface area (Å²) in [6.45, 7) is 3.83. The van der Waals surface area contributed by atoms with Crippen LogP contribution in [-0.2, 0) is 19.1 Å². The van der Waals surface area contributed by atoms with Crippen molar-refractivity contribution in [3.8, 4) is 0 Å². The standard InChI is InChI=1S/C24H29NO5S/c1-3-29-22(27)24(23(28)30-4-2)16-18(10-8-14-26)17-25(19-11-6-5-7-12-19)21(24)20-13-9-15-31-20/h5-7,9,11-13,15,17,21,26H,3-4,8,10,14,16H2,1-2H3. The van der Waals surface area contributed by atoms with Gasteiger partial charge >= 0.3 is 11.9 Å². The second-order valence-corrected chi connectivity index (χ2v) is 8.34. The first-order valence-corrected chi connectivity index (χ1v) is 11.5. The number of rotatable bonds is 9. The van der Waals surface area contributed by atoms with E-state index >= 15 is 0 Å². The number of esters is 2. The highest BCUT2D eigenvalue weighted by molar-refractivity contribution is 7.10. The van der Waals surface area contributed by atoms with Crippen molar-refractivity contribution in [1.29, 1.82) is 0 Å². The lowest BCUT2D eigenvalue weighted by atomic mass is 9.70. The van der Waals surface area contributed by atoms with Crippen LogP contribution in [0.2, 0.25) is 0 Å². The smallest absolute Gasteiger partial charge is 0.326 e. The molecule has 2 aromatic rings. The molecule has 3 rings (SSSR count). The minimum absolute atomic E-state index is 0.0306. The molecular formula is C24H29NO5S. The number of ether oxygens (including phenoxy) is 2. The summed E-state index contributed by atoms with van der Waals surface area (Å²) in [4.78, 5) is 29.9. The van der Waals surface area contributed by atoms with Crippen LogP contribution in [0.3, 0.4) is 0 Å². The molecule has 1 aromatic carbocycles. The fraction of sp³-hybridized carbons (Fsp3) is 0.417. The highest BCUT2D eigenvalue weighted by atomic mass is 32.1. The number of hydrogen-bond donors (Lipinski definition) is 1. The van der Waals surface area contributed by atoms with Crippen LogP contribution in [0.4, 0.5) is 5.69 Å². The number of thiophene rings is 1. The van der Waals surface area contributed by atoms with Crippen LogP contribution in [0, 0.1) is 5.41 Å². The first kappa shape index (κ1) is 23.0. The molecule has 1 aliphatic heterocycles. The fourth-order valence-electron chi connectivity index (χ4n) is 4.09. The van der Waals surface area contributed by atoms with Gasteiger partial charge in [-0.25, -0.2) is 0 Å². The molecule has 1 aliphatic rings. The number of carbonyl (C=O) groups is 2. The van der Waals surface area contributed by atoms with Gasteiger partial charge < -0.3 is 19.5 Å². The van der Waals surface area contributed by atoms with E-state index in [0.717, 1.165) is 16.1 Å². The number of carbonyl (C=O) groups excluding carboxylic acids is 2. The van der Waals surface area contributed by atoms with Crippen molar-refractivity contribution >= 4 is 29.0 Å². The molecule has 0 saturated heterocycles. The Labute approximate surface area is 187 Å². The molecule has 1 N–H and O–H groups in total. The second kappa shape index (κ2) is 10.6. The zero-order valence-electron chi connectivity index (χ0n) is 18.0. The van der Waals surface area contributed by atoms with Crippen LogP contribution in [0.25, 0.3) is 0 Å². The van der Waals surface area contributed by atoms with Gasteiger partial charge in [0.2, 0.25) is 0 Å². The van der Waals surface area contributed by atoms with Gasteiger partial charge in [0.1, 0.15) is 0 Å². The lowest BCUT2D eigenvalue weighted by molar-refractivity contribution is -0.174. The summed E-state index contributed by atoms with van der Waals surface area (Å²) in [6.07, 6.45) is 3.31. The number of allylic oxidation sites excluding steroid dienone is 1. The molecule has 0 spiro atoms. The van der Waals surface area contributed by atoms with E-state index in [2.05, 4.69) is 0 Å². The van der Waals surface area contributed by atoms with Crippen LogP contribution in [0.5, 0.6) is 0 Å². The topological polar surface area (TPSA) is 76.1 Å². The maximum Gasteiger partial charge on any atom is 0.326 e. The van der Waals surface area contributed by atoms with Gasteiger partial charge in [0.25, 0.3) is 0 Å². The number of hydrogen-bond acceptors (Lipinski definition) is 7. The van der Waals surface area contributed by atoms with Gasteiger partial charge in [0.05, 0.1) is 19.3 Å². The molecule has 7 heteroatoms. The highest BCUT2D eigenvalue weighted by Crippen LogP contribution is 2.52. The van der Waals surface area contributed by atoms with Crippen molar-refractivity contribution < 1.29 is 24.2 Å². The quantitative estimate of drug-likeness (QED) is 0.455. The predicted molar refractivity (Wildman–Crippen MR) is 121 cm³/mol. The van der Waals surface area contributed by atoms with Crippen LogP contribution in [0.15, 0.2) is 59.6 Å². The molecule has 2 heterocycles. The van der Waals surface area contributed by atoms with Gasteiger partial charge in [-0.1, -0.05) is 29.8 Å². The van der Waals surface area contributed by atoms with Crippen LogP contribution >= 0.6 is 11.3 Å². The molecule has 1 aromatic heterocycles. The first-order valence-electron chi connectivity index (χ1n) is 10.6. The molecule has 6 nitrogen and oxygen atoms in total. The SMILES string of the molecule is CCOC(=O)C1(C(=O)OCC)CC(CCCO)=CN(c2ccccc2)C1c1cccs1. The van der Waals surface area contributed by atoms with Crippen molar-refractivity contribution in [2.24, 2.45) is 5.41 Å². The Kier molecular flexibility index (Phi) is 7.87. The Balaban J connectivity index is 2.25. The fourth-order valence-corrected chi connectivity index (χ4v) is 5.00. The average Bonchev–Trinajstić information content (AvgIpc) is 3.32. The average molecular weight is 444 g/mol. The van der Waals surface area contributed by atoms with E-state index in [1.165, 1.54) is 11.3 Å². The Morgan fingerprint density at radius 2 is 1.77 bits per heavy atom. The minimum atomic E-state index is -1.55. The highest BCUT2D eigenvalue weighted by Gasteiger charge is 2.59. The number of nitrogens with zero attached hydrogens (tertiary/aromatic N) is 1. The monoisotopic (exact) mass is 443 g/mol. The van der Waals surface area contributed by atoms with Crippen molar-refractivity contribution in [2.75, 3.05) is 24.7 Å². The lowest BCUT2D eigenvalue weighted by Crippen LogP contribution is -2.53. The number of anilines is 1. The Bertz CT molecular complexity index is 876. The summed E-state index contributed by atoms with van der Waals surface area (Å²) in [5.74, 6) is -1.16. The molecule has 0 fully saturated rings. The van der Waals surface area contributed by atoms with E-state index < -0.39 is 23.4 Å². The van der Waals surface area contributed by atoms with Gasteiger partial charge in [-0.15, -0.1) is 11.3 Å². The van der Waals surface area contributed by atoms with Crippen molar-refractivity contribution in [1.82, 2.24) is 0 Å². The predicted octanol–water partition coefficient (Wildman–Crippen LogP) is 4.47. The minimum Gasteiger partial charge on any atom is -0.465 e. The molecule has 0 bridgehead atoms. The lowest BCUT2D eigenvalue weighted by Gasteiger charge is -2.46. The molecule has 0 amide bonds. The van der Waals surface area contributed by atoms with Crippen LogP contribution < -0.4 is 4.90 Å². The van der Waals surface area contributed by atoms with E-state index in [9.17, 15) is 14.7 Å². The molecular weight excluding hydrogens is 414 g/mol. The third-order valence-electron chi connectivity index (χ3n) is 5.37. The van der Waals surface area contributed by atoms with Crippen molar-refractivity contribution in [3.05, 3.63) is 64.5 Å². The van der Waals surface area contributed by atoms with Gasteiger partial charge in [-0.3, -0.25) is 9.59 Å². The summed E-state index contributed by atoms with van der Waals surface area (Å²) < 4.78 is 11.0. The Morgan fingerprint density at radius 1 is 1.10 bits per heavy atom. The van der Waals surface area contributed by atoms with Crippen molar-refractivity contribution in [2.45, 2.75) is 39.2 Å². The normalized spacial score (nSPS) is 17.7. The van der Waals surface area contributed by atoms with Crippen LogP contribution in [-0.4, -0.2) is 36.9 Å². The third kappa shape index (κ3) is 4.67. The van der Waals surface area contributed by atoms with E-state index in [1.807, 2.05) is 58.9 Å². The van der Waals surface area contributed by atoms with Gasteiger partial charge in [0, 0.05) is 23.4 Å². The molecule has 1 unspecified atom stereocenters. The third-order valence-corrected chi connectivity index (χ3v) is 6.30. The zero-order chi connectivity index (χ0) is 22.3.